The van der Waals surface area contributed by atoms with Gasteiger partial charge < -0.3 is 24.8 Å². The van der Waals surface area contributed by atoms with Gasteiger partial charge in [-0.25, -0.2) is 9.98 Å². The highest BCUT2D eigenvalue weighted by molar-refractivity contribution is 14.0. The van der Waals surface area contributed by atoms with E-state index in [1.807, 2.05) is 43.3 Å². The van der Waals surface area contributed by atoms with Crippen LogP contribution in [0.4, 0.5) is 0 Å². The van der Waals surface area contributed by atoms with Crippen LogP contribution >= 0.6 is 24.0 Å². The summed E-state index contributed by atoms with van der Waals surface area (Å²) in [6, 6.07) is 11.7. The molecule has 1 aromatic heterocycles. The number of ether oxygens (including phenoxy) is 3. The van der Waals surface area contributed by atoms with Gasteiger partial charge in [-0.15, -0.1) is 24.0 Å². The van der Waals surface area contributed by atoms with E-state index in [0.29, 0.717) is 31.5 Å². The van der Waals surface area contributed by atoms with Crippen LogP contribution in [0.3, 0.4) is 0 Å². The molecule has 30 heavy (non-hydrogen) atoms. The van der Waals surface area contributed by atoms with Crippen molar-refractivity contribution in [2.75, 3.05) is 26.3 Å². The highest BCUT2D eigenvalue weighted by atomic mass is 127. The van der Waals surface area contributed by atoms with E-state index in [2.05, 4.69) is 20.6 Å². The average Bonchev–Trinajstić information content (AvgIpc) is 3.59. The van der Waals surface area contributed by atoms with Crippen LogP contribution in [-0.2, 0) is 6.54 Å². The standard InChI is InChI=1S/C22H28N4O3.HI/c1-2-23-22(26-13-18-15-27-19-5-3-4-6-20(19)29-18)25-12-17-9-10-24-21(11-17)28-14-16-7-8-16;/h3-6,9-11,16,18H,2,7-8,12-15H2,1H3,(H2,23,25,26);1H. The normalized spacial score (nSPS) is 17.6. The van der Waals surface area contributed by atoms with E-state index in [4.69, 9.17) is 14.2 Å². The van der Waals surface area contributed by atoms with Crippen LogP contribution in [0.25, 0.3) is 0 Å². The highest BCUT2D eigenvalue weighted by Crippen LogP contribution is 2.31. The Morgan fingerprint density at radius 3 is 2.83 bits per heavy atom. The zero-order chi connectivity index (χ0) is 19.9. The third kappa shape index (κ3) is 6.65. The Labute approximate surface area is 194 Å². The summed E-state index contributed by atoms with van der Waals surface area (Å²) in [5.74, 6) is 3.70. The molecule has 0 spiro atoms. The van der Waals surface area contributed by atoms with Gasteiger partial charge in [0.15, 0.2) is 17.5 Å². The molecular formula is C22H29IN4O3. The number of nitrogens with one attached hydrogen (secondary N) is 2. The quantitative estimate of drug-likeness (QED) is 0.314. The molecule has 1 atom stereocenters. The van der Waals surface area contributed by atoms with E-state index in [1.54, 1.807) is 6.20 Å². The molecule has 0 radical (unpaired) electrons. The van der Waals surface area contributed by atoms with Crippen molar-refractivity contribution < 1.29 is 14.2 Å². The van der Waals surface area contributed by atoms with Gasteiger partial charge in [0.25, 0.3) is 0 Å². The zero-order valence-corrected chi connectivity index (χ0v) is 19.5. The number of pyridine rings is 1. The lowest BCUT2D eigenvalue weighted by Gasteiger charge is -2.27. The Hall–Kier alpha value is -2.23. The molecule has 4 rings (SSSR count). The first-order valence-corrected chi connectivity index (χ1v) is 10.3. The molecule has 0 saturated heterocycles. The Morgan fingerprint density at radius 2 is 2.03 bits per heavy atom. The molecule has 2 aliphatic rings. The maximum atomic E-state index is 6.00. The Kier molecular flexibility index (Phi) is 8.41. The van der Waals surface area contributed by atoms with E-state index >= 15 is 0 Å². The van der Waals surface area contributed by atoms with Crippen molar-refractivity contribution in [3.63, 3.8) is 0 Å². The number of benzene rings is 1. The second-order valence-corrected chi connectivity index (χ2v) is 7.33. The fourth-order valence-electron chi connectivity index (χ4n) is 3.00. The molecule has 1 aliphatic carbocycles. The Balaban J connectivity index is 0.00000256. The predicted molar refractivity (Wildman–Crippen MR) is 127 cm³/mol. The second kappa shape index (κ2) is 11.2. The van der Waals surface area contributed by atoms with Gasteiger partial charge in [0.05, 0.1) is 19.7 Å². The number of aliphatic imine (C=N–C) groups is 1. The average molecular weight is 524 g/mol. The van der Waals surface area contributed by atoms with Crippen molar-refractivity contribution >= 4 is 29.9 Å². The van der Waals surface area contributed by atoms with Crippen LogP contribution in [0.2, 0.25) is 0 Å². The molecule has 1 fully saturated rings. The molecule has 1 aliphatic heterocycles. The van der Waals surface area contributed by atoms with Crippen LogP contribution in [0.1, 0.15) is 25.3 Å². The van der Waals surface area contributed by atoms with Gasteiger partial charge in [-0.1, -0.05) is 12.1 Å². The number of hydrogen-bond donors (Lipinski definition) is 2. The van der Waals surface area contributed by atoms with Crippen LogP contribution < -0.4 is 24.8 Å². The van der Waals surface area contributed by atoms with Crippen molar-refractivity contribution in [2.45, 2.75) is 32.4 Å². The highest BCUT2D eigenvalue weighted by Gasteiger charge is 2.22. The van der Waals surface area contributed by atoms with Crippen molar-refractivity contribution in [2.24, 2.45) is 10.9 Å². The fraction of sp³-hybridized carbons (Fsp3) is 0.455. The van der Waals surface area contributed by atoms with Gasteiger partial charge in [0, 0.05) is 18.8 Å². The number of para-hydroxylation sites is 2. The van der Waals surface area contributed by atoms with Gasteiger partial charge in [-0.3, -0.25) is 0 Å². The fourth-order valence-corrected chi connectivity index (χ4v) is 3.00. The molecule has 0 bridgehead atoms. The molecule has 1 aromatic carbocycles. The first-order valence-electron chi connectivity index (χ1n) is 10.3. The molecule has 1 unspecified atom stereocenters. The molecule has 162 valence electrons. The molecule has 1 saturated carbocycles. The molecular weight excluding hydrogens is 495 g/mol. The van der Waals surface area contributed by atoms with Gasteiger partial charge >= 0.3 is 0 Å². The van der Waals surface area contributed by atoms with E-state index in [0.717, 1.165) is 36.2 Å². The number of nitrogens with zero attached hydrogens (tertiary/aromatic N) is 2. The van der Waals surface area contributed by atoms with Gasteiger partial charge in [0.2, 0.25) is 5.88 Å². The number of halogens is 1. The van der Waals surface area contributed by atoms with E-state index < -0.39 is 0 Å². The molecule has 7 nitrogen and oxygen atoms in total. The van der Waals surface area contributed by atoms with Crippen LogP contribution in [0.5, 0.6) is 17.4 Å². The number of aromatic nitrogens is 1. The summed E-state index contributed by atoms with van der Waals surface area (Å²) in [4.78, 5) is 8.96. The first kappa shape index (κ1) is 22.5. The summed E-state index contributed by atoms with van der Waals surface area (Å²) in [7, 11) is 0. The smallest absolute Gasteiger partial charge is 0.213 e. The Bertz CT molecular complexity index is 845. The summed E-state index contributed by atoms with van der Waals surface area (Å²) < 4.78 is 17.5. The van der Waals surface area contributed by atoms with E-state index in [1.165, 1.54) is 12.8 Å². The van der Waals surface area contributed by atoms with Gasteiger partial charge in [-0.2, -0.15) is 0 Å². The summed E-state index contributed by atoms with van der Waals surface area (Å²) >= 11 is 0. The van der Waals surface area contributed by atoms with E-state index in [9.17, 15) is 0 Å². The zero-order valence-electron chi connectivity index (χ0n) is 17.2. The van der Waals surface area contributed by atoms with Crippen molar-refractivity contribution in [1.29, 1.82) is 0 Å². The summed E-state index contributed by atoms with van der Waals surface area (Å²) in [5, 5.41) is 6.61. The van der Waals surface area contributed by atoms with Crippen molar-refractivity contribution in [3.8, 4) is 17.4 Å². The second-order valence-electron chi connectivity index (χ2n) is 7.33. The molecule has 0 amide bonds. The SMILES string of the molecule is CCNC(=NCc1ccnc(OCC2CC2)c1)NCC1COc2ccccc2O1.I. The minimum atomic E-state index is -0.0721. The minimum absolute atomic E-state index is 0. The van der Waals surface area contributed by atoms with Crippen molar-refractivity contribution in [3.05, 3.63) is 48.2 Å². The van der Waals surface area contributed by atoms with Crippen LogP contribution in [0, 0.1) is 5.92 Å². The Morgan fingerprint density at radius 1 is 1.20 bits per heavy atom. The summed E-state index contributed by atoms with van der Waals surface area (Å²) in [6.07, 6.45) is 4.24. The third-order valence-corrected chi connectivity index (χ3v) is 4.79. The number of guanidine groups is 1. The molecule has 2 N–H and O–H groups in total. The van der Waals surface area contributed by atoms with Gasteiger partial charge in [0.1, 0.15) is 12.7 Å². The van der Waals surface area contributed by atoms with Gasteiger partial charge in [-0.05, 0) is 49.4 Å². The maximum absolute atomic E-state index is 6.00. The maximum Gasteiger partial charge on any atom is 0.213 e. The monoisotopic (exact) mass is 524 g/mol. The lowest BCUT2D eigenvalue weighted by Crippen LogP contribution is -2.45. The third-order valence-electron chi connectivity index (χ3n) is 4.79. The predicted octanol–water partition coefficient (Wildman–Crippen LogP) is 3.38. The minimum Gasteiger partial charge on any atom is -0.486 e. The first-order chi connectivity index (χ1) is 14.3. The number of fused-ring (bicyclic) bond motifs is 1. The lowest BCUT2D eigenvalue weighted by atomic mass is 10.2. The molecule has 2 heterocycles. The van der Waals surface area contributed by atoms with E-state index in [-0.39, 0.29) is 30.1 Å². The largest absolute Gasteiger partial charge is 0.486 e. The lowest BCUT2D eigenvalue weighted by molar-refractivity contribution is 0.0936. The van der Waals surface area contributed by atoms with Crippen LogP contribution in [-0.4, -0.2) is 43.4 Å². The molecule has 8 heteroatoms. The number of rotatable bonds is 8. The van der Waals surface area contributed by atoms with Crippen molar-refractivity contribution in [1.82, 2.24) is 15.6 Å². The summed E-state index contributed by atoms with van der Waals surface area (Å²) in [6.45, 7) is 5.24. The van der Waals surface area contributed by atoms with Crippen LogP contribution in [0.15, 0.2) is 47.6 Å². The topological polar surface area (TPSA) is 77.0 Å². The summed E-state index contributed by atoms with van der Waals surface area (Å²) in [5.41, 5.74) is 1.06. The number of hydrogen-bond acceptors (Lipinski definition) is 5. The molecule has 2 aromatic rings.